The molecule has 3 N–H and O–H groups in total. The Hall–Kier alpha value is -1.47. The Morgan fingerprint density at radius 1 is 1.33 bits per heavy atom. The third-order valence-corrected chi connectivity index (χ3v) is 4.82. The number of nitrogens with two attached hydrogens (primary N) is 1. The zero-order valence-electron chi connectivity index (χ0n) is 12.1. The number of sulfonamides is 1. The van der Waals surface area contributed by atoms with E-state index in [1.165, 1.54) is 6.92 Å². The van der Waals surface area contributed by atoms with E-state index in [0.717, 1.165) is 37.8 Å². The third kappa shape index (κ3) is 3.41. The van der Waals surface area contributed by atoms with Crippen LogP contribution in [0, 0.1) is 12.7 Å². The molecule has 1 aliphatic carbocycles. The Balaban J connectivity index is 2.38. The van der Waals surface area contributed by atoms with E-state index < -0.39 is 21.7 Å². The van der Waals surface area contributed by atoms with Gasteiger partial charge in [0.05, 0.1) is 10.5 Å². The largest absolute Gasteiger partial charge is 0.347 e. The lowest BCUT2D eigenvalue weighted by molar-refractivity contribution is 0.0903. The summed E-state index contributed by atoms with van der Waals surface area (Å²) in [6.45, 7) is 3.31. The molecule has 0 bridgehead atoms. The maximum atomic E-state index is 14.1. The molecular formula is C14H19FN2O3S. The molecule has 1 aliphatic rings. The molecule has 0 spiro atoms. The summed E-state index contributed by atoms with van der Waals surface area (Å²) < 4.78 is 36.9. The SMILES string of the molecule is Cc1cc(S(N)(=O)=O)cc(C(=O)NC2(C)CCCC2)c1F. The van der Waals surface area contributed by atoms with Gasteiger partial charge in [0.15, 0.2) is 0 Å². The summed E-state index contributed by atoms with van der Waals surface area (Å²) in [6.07, 6.45) is 3.67. The average molecular weight is 314 g/mol. The number of hydrogen-bond acceptors (Lipinski definition) is 3. The molecule has 1 aromatic rings. The summed E-state index contributed by atoms with van der Waals surface area (Å²) in [4.78, 5) is 12.0. The predicted octanol–water partition coefficient (Wildman–Crippen LogP) is 1.84. The van der Waals surface area contributed by atoms with Gasteiger partial charge in [-0.2, -0.15) is 0 Å². The molecule has 0 heterocycles. The molecule has 0 unspecified atom stereocenters. The maximum absolute atomic E-state index is 14.1. The van der Waals surface area contributed by atoms with Crippen molar-refractivity contribution in [3.05, 3.63) is 29.1 Å². The van der Waals surface area contributed by atoms with Gasteiger partial charge in [0, 0.05) is 5.54 Å². The number of amides is 1. The Kier molecular flexibility index (Phi) is 4.08. The lowest BCUT2D eigenvalue weighted by atomic mass is 9.99. The van der Waals surface area contributed by atoms with E-state index in [9.17, 15) is 17.6 Å². The number of rotatable bonds is 3. The fourth-order valence-electron chi connectivity index (χ4n) is 2.69. The smallest absolute Gasteiger partial charge is 0.254 e. The Morgan fingerprint density at radius 3 is 2.43 bits per heavy atom. The minimum Gasteiger partial charge on any atom is -0.347 e. The van der Waals surface area contributed by atoms with Gasteiger partial charge in [-0.15, -0.1) is 0 Å². The predicted molar refractivity (Wildman–Crippen MR) is 76.8 cm³/mol. The molecule has 5 nitrogen and oxygen atoms in total. The van der Waals surface area contributed by atoms with E-state index in [1.54, 1.807) is 0 Å². The zero-order chi connectivity index (χ0) is 15.8. The normalized spacial score (nSPS) is 17.7. The number of primary sulfonamides is 1. The highest BCUT2D eigenvalue weighted by molar-refractivity contribution is 7.89. The third-order valence-electron chi connectivity index (χ3n) is 3.92. The van der Waals surface area contributed by atoms with Crippen LogP contribution in [0.25, 0.3) is 0 Å². The molecule has 21 heavy (non-hydrogen) atoms. The molecular weight excluding hydrogens is 295 g/mol. The molecule has 0 saturated heterocycles. The standard InChI is InChI=1S/C14H19FN2O3S/c1-9-7-10(21(16,19)20)8-11(12(9)15)13(18)17-14(2)5-3-4-6-14/h7-8H,3-6H2,1-2H3,(H,17,18)(H2,16,19,20). The van der Waals surface area contributed by atoms with Gasteiger partial charge in [-0.3, -0.25) is 4.79 Å². The molecule has 0 aliphatic heterocycles. The highest BCUT2D eigenvalue weighted by Gasteiger charge is 2.31. The first-order chi connectivity index (χ1) is 9.62. The van der Waals surface area contributed by atoms with Crippen molar-refractivity contribution < 1.29 is 17.6 Å². The first-order valence-corrected chi connectivity index (χ1v) is 8.32. The fourth-order valence-corrected chi connectivity index (χ4v) is 3.31. The van der Waals surface area contributed by atoms with Crippen molar-refractivity contribution in [1.82, 2.24) is 5.32 Å². The van der Waals surface area contributed by atoms with Crippen molar-refractivity contribution in [2.24, 2.45) is 5.14 Å². The van der Waals surface area contributed by atoms with Crippen LogP contribution >= 0.6 is 0 Å². The number of carbonyl (C=O) groups is 1. The van der Waals surface area contributed by atoms with E-state index >= 15 is 0 Å². The maximum Gasteiger partial charge on any atom is 0.254 e. The molecule has 0 aromatic heterocycles. The molecule has 1 aromatic carbocycles. The van der Waals surface area contributed by atoms with Gasteiger partial charge >= 0.3 is 0 Å². The second-order valence-corrected chi connectivity index (χ2v) is 7.43. The Morgan fingerprint density at radius 2 is 1.90 bits per heavy atom. The van der Waals surface area contributed by atoms with Crippen molar-refractivity contribution >= 4 is 15.9 Å². The van der Waals surface area contributed by atoms with Crippen molar-refractivity contribution in [2.45, 2.75) is 50.0 Å². The summed E-state index contributed by atoms with van der Waals surface area (Å²) in [7, 11) is -3.99. The summed E-state index contributed by atoms with van der Waals surface area (Å²) in [5.41, 5.74) is -0.579. The van der Waals surface area contributed by atoms with Crippen LogP contribution in [0.4, 0.5) is 4.39 Å². The number of carbonyl (C=O) groups excluding carboxylic acids is 1. The number of hydrogen-bond donors (Lipinski definition) is 2. The van der Waals surface area contributed by atoms with Gasteiger partial charge in [-0.05, 0) is 44.4 Å². The summed E-state index contributed by atoms with van der Waals surface area (Å²) in [5.74, 6) is -1.33. The van der Waals surface area contributed by atoms with Crippen LogP contribution in [0.2, 0.25) is 0 Å². The quantitative estimate of drug-likeness (QED) is 0.892. The van der Waals surface area contributed by atoms with Gasteiger partial charge in [0.25, 0.3) is 5.91 Å². The highest BCUT2D eigenvalue weighted by atomic mass is 32.2. The number of aryl methyl sites for hydroxylation is 1. The van der Waals surface area contributed by atoms with Crippen molar-refractivity contribution in [3.63, 3.8) is 0 Å². The van der Waals surface area contributed by atoms with Crippen molar-refractivity contribution in [2.75, 3.05) is 0 Å². The first-order valence-electron chi connectivity index (χ1n) is 6.78. The minimum absolute atomic E-state index is 0.0725. The number of halogens is 1. The van der Waals surface area contributed by atoms with Crippen LogP contribution in [0.15, 0.2) is 17.0 Å². The molecule has 2 rings (SSSR count). The van der Waals surface area contributed by atoms with Crippen LogP contribution < -0.4 is 10.5 Å². The topological polar surface area (TPSA) is 89.3 Å². The van der Waals surface area contributed by atoms with Crippen LogP contribution in [0.5, 0.6) is 0 Å². The molecule has 116 valence electrons. The van der Waals surface area contributed by atoms with Crippen LogP contribution in [0.3, 0.4) is 0 Å². The van der Waals surface area contributed by atoms with Gasteiger partial charge in [-0.25, -0.2) is 17.9 Å². The lowest BCUT2D eigenvalue weighted by Gasteiger charge is -2.25. The molecule has 0 radical (unpaired) electrons. The fraction of sp³-hybridized carbons (Fsp3) is 0.500. The first kappa shape index (κ1) is 15.9. The van der Waals surface area contributed by atoms with Crippen molar-refractivity contribution in [3.8, 4) is 0 Å². The molecule has 1 saturated carbocycles. The number of nitrogens with one attached hydrogen (secondary N) is 1. The second kappa shape index (κ2) is 5.38. The van der Waals surface area contributed by atoms with Gasteiger partial charge in [-0.1, -0.05) is 12.8 Å². The molecule has 1 amide bonds. The van der Waals surface area contributed by atoms with Gasteiger partial charge in [0.1, 0.15) is 5.82 Å². The van der Waals surface area contributed by atoms with Gasteiger partial charge < -0.3 is 5.32 Å². The van der Waals surface area contributed by atoms with Crippen molar-refractivity contribution in [1.29, 1.82) is 0 Å². The van der Waals surface area contributed by atoms with E-state index in [0.29, 0.717) is 0 Å². The zero-order valence-corrected chi connectivity index (χ0v) is 12.9. The summed E-state index contributed by atoms with van der Waals surface area (Å²) >= 11 is 0. The molecule has 1 fully saturated rings. The van der Waals surface area contributed by atoms with Gasteiger partial charge in [0.2, 0.25) is 10.0 Å². The van der Waals surface area contributed by atoms with Crippen LogP contribution in [-0.2, 0) is 10.0 Å². The average Bonchev–Trinajstić information content (AvgIpc) is 2.77. The number of benzene rings is 1. The summed E-state index contributed by atoms with van der Waals surface area (Å²) in [5, 5.41) is 7.86. The lowest BCUT2D eigenvalue weighted by Crippen LogP contribution is -2.44. The van der Waals surface area contributed by atoms with Crippen LogP contribution in [-0.4, -0.2) is 19.9 Å². The Bertz CT molecular complexity index is 680. The monoisotopic (exact) mass is 314 g/mol. The Labute approximate surface area is 123 Å². The molecule has 0 atom stereocenters. The van der Waals surface area contributed by atoms with E-state index in [4.69, 9.17) is 5.14 Å². The van der Waals surface area contributed by atoms with E-state index in [2.05, 4.69) is 5.32 Å². The molecule has 7 heteroatoms. The van der Waals surface area contributed by atoms with E-state index in [1.807, 2.05) is 6.92 Å². The highest BCUT2D eigenvalue weighted by Crippen LogP contribution is 2.29. The van der Waals surface area contributed by atoms with Crippen LogP contribution in [0.1, 0.15) is 48.5 Å². The second-order valence-electron chi connectivity index (χ2n) is 5.87. The minimum atomic E-state index is -3.99. The van der Waals surface area contributed by atoms with E-state index in [-0.39, 0.29) is 21.6 Å². The summed E-state index contributed by atoms with van der Waals surface area (Å²) in [6, 6.07) is 2.12.